The summed E-state index contributed by atoms with van der Waals surface area (Å²) in [4.78, 5) is 18.8. The van der Waals surface area contributed by atoms with Crippen molar-refractivity contribution >= 4 is 5.97 Å². The summed E-state index contributed by atoms with van der Waals surface area (Å²) in [5.74, 6) is -0.162. The van der Waals surface area contributed by atoms with E-state index in [9.17, 15) is 4.79 Å². The molecule has 21 heavy (non-hydrogen) atoms. The highest BCUT2D eigenvalue weighted by molar-refractivity contribution is 5.88. The summed E-state index contributed by atoms with van der Waals surface area (Å²) in [6.07, 6.45) is 3.45. The van der Waals surface area contributed by atoms with Crippen LogP contribution < -0.4 is 10.1 Å². The zero-order valence-electron chi connectivity index (χ0n) is 11.7. The van der Waals surface area contributed by atoms with E-state index in [1.807, 2.05) is 24.3 Å². The van der Waals surface area contributed by atoms with E-state index in [2.05, 4.69) is 15.3 Å². The number of methoxy groups -OCH3 is 1. The van der Waals surface area contributed by atoms with E-state index in [4.69, 9.17) is 9.84 Å². The van der Waals surface area contributed by atoms with Crippen molar-refractivity contribution < 1.29 is 14.6 Å². The molecule has 0 radical (unpaired) electrons. The average Bonchev–Trinajstić information content (AvgIpc) is 2.52. The predicted octanol–water partition coefficient (Wildman–Crippen LogP) is 1.52. The Morgan fingerprint density at radius 3 is 2.95 bits per heavy atom. The van der Waals surface area contributed by atoms with E-state index in [0.717, 1.165) is 17.7 Å². The zero-order valence-corrected chi connectivity index (χ0v) is 11.7. The Bertz CT molecular complexity index is 617. The summed E-state index contributed by atoms with van der Waals surface area (Å²) in [5, 5.41) is 12.2. The number of rotatable bonds is 7. The molecule has 1 aromatic carbocycles. The van der Waals surface area contributed by atoms with Crippen LogP contribution in [0, 0.1) is 0 Å². The van der Waals surface area contributed by atoms with Gasteiger partial charge in [0.25, 0.3) is 0 Å². The molecule has 0 saturated carbocycles. The largest absolute Gasteiger partial charge is 0.496 e. The second-order valence-electron chi connectivity index (χ2n) is 4.43. The van der Waals surface area contributed by atoms with E-state index in [1.165, 1.54) is 12.5 Å². The van der Waals surface area contributed by atoms with Gasteiger partial charge in [0.05, 0.1) is 12.8 Å². The van der Waals surface area contributed by atoms with E-state index in [0.29, 0.717) is 18.8 Å². The van der Waals surface area contributed by atoms with Crippen molar-refractivity contribution in [3.63, 3.8) is 0 Å². The molecule has 2 N–H and O–H groups in total. The third-order valence-electron chi connectivity index (χ3n) is 3.08. The van der Waals surface area contributed by atoms with Crippen molar-refractivity contribution in [1.29, 1.82) is 0 Å². The normalized spacial score (nSPS) is 10.3. The summed E-state index contributed by atoms with van der Waals surface area (Å²) in [6.45, 7) is 1.09. The standard InChI is InChI=1S/C15H17N3O3/c1-21-14-5-3-2-4-11(14)6-7-16-9-13-12(15(19)20)8-17-10-18-13/h2-5,8,10,16H,6-7,9H2,1H3,(H,19,20). The molecule has 2 rings (SSSR count). The molecule has 0 aliphatic carbocycles. The Morgan fingerprint density at radius 2 is 2.19 bits per heavy atom. The number of carboxylic acids is 1. The van der Waals surface area contributed by atoms with Crippen molar-refractivity contribution in [3.8, 4) is 5.75 Å². The highest BCUT2D eigenvalue weighted by Crippen LogP contribution is 2.17. The number of aromatic carboxylic acids is 1. The van der Waals surface area contributed by atoms with Gasteiger partial charge in [-0.15, -0.1) is 0 Å². The quantitative estimate of drug-likeness (QED) is 0.751. The third kappa shape index (κ3) is 4.00. The number of carboxylic acid groups (broad SMARTS) is 1. The van der Waals surface area contributed by atoms with Gasteiger partial charge in [-0.3, -0.25) is 0 Å². The summed E-state index contributed by atoms with van der Waals surface area (Å²) < 4.78 is 5.29. The van der Waals surface area contributed by atoms with Gasteiger partial charge in [-0.2, -0.15) is 0 Å². The molecular formula is C15H17N3O3. The molecular weight excluding hydrogens is 270 g/mol. The van der Waals surface area contributed by atoms with Crippen molar-refractivity contribution in [2.75, 3.05) is 13.7 Å². The highest BCUT2D eigenvalue weighted by atomic mass is 16.5. The van der Waals surface area contributed by atoms with Crippen LogP contribution in [0.1, 0.15) is 21.6 Å². The van der Waals surface area contributed by atoms with Crippen LogP contribution in [0.2, 0.25) is 0 Å². The van der Waals surface area contributed by atoms with Crippen molar-refractivity contribution in [2.45, 2.75) is 13.0 Å². The summed E-state index contributed by atoms with van der Waals surface area (Å²) >= 11 is 0. The fourth-order valence-corrected chi connectivity index (χ4v) is 2.01. The van der Waals surface area contributed by atoms with Gasteiger partial charge >= 0.3 is 5.97 Å². The number of carbonyl (C=O) groups is 1. The van der Waals surface area contributed by atoms with Crippen LogP contribution in [-0.4, -0.2) is 34.7 Å². The molecule has 0 spiro atoms. The first kappa shape index (κ1) is 14.9. The number of nitrogens with zero attached hydrogens (tertiary/aromatic N) is 2. The van der Waals surface area contributed by atoms with Crippen LogP contribution in [0.4, 0.5) is 0 Å². The number of benzene rings is 1. The lowest BCUT2D eigenvalue weighted by molar-refractivity contribution is 0.0694. The maximum atomic E-state index is 11.0. The molecule has 0 saturated heterocycles. The summed E-state index contributed by atoms with van der Waals surface area (Å²) in [5.41, 5.74) is 1.72. The topological polar surface area (TPSA) is 84.3 Å². The Kier molecular flexibility index (Phi) is 5.22. The van der Waals surface area contributed by atoms with Gasteiger partial charge in [0.1, 0.15) is 17.6 Å². The first-order chi connectivity index (χ1) is 10.2. The van der Waals surface area contributed by atoms with Gasteiger partial charge in [0, 0.05) is 12.7 Å². The van der Waals surface area contributed by atoms with Crippen LogP contribution in [0.15, 0.2) is 36.8 Å². The third-order valence-corrected chi connectivity index (χ3v) is 3.08. The van der Waals surface area contributed by atoms with Crippen molar-refractivity contribution in [2.24, 2.45) is 0 Å². The number of aromatic nitrogens is 2. The van der Waals surface area contributed by atoms with Gasteiger partial charge in [0.15, 0.2) is 0 Å². The van der Waals surface area contributed by atoms with Gasteiger partial charge in [-0.25, -0.2) is 14.8 Å². The molecule has 0 unspecified atom stereocenters. The average molecular weight is 287 g/mol. The van der Waals surface area contributed by atoms with E-state index in [1.54, 1.807) is 7.11 Å². The number of hydrogen-bond acceptors (Lipinski definition) is 5. The SMILES string of the molecule is COc1ccccc1CCNCc1ncncc1C(=O)O. The monoisotopic (exact) mass is 287 g/mol. The molecule has 1 aromatic heterocycles. The van der Waals surface area contributed by atoms with Crippen LogP contribution in [-0.2, 0) is 13.0 Å². The molecule has 2 aromatic rings. The lowest BCUT2D eigenvalue weighted by atomic mass is 10.1. The molecule has 0 bridgehead atoms. The Hall–Kier alpha value is -2.47. The molecule has 0 aliphatic rings. The highest BCUT2D eigenvalue weighted by Gasteiger charge is 2.10. The molecule has 0 fully saturated rings. The second kappa shape index (κ2) is 7.35. The fraction of sp³-hybridized carbons (Fsp3) is 0.267. The van der Waals surface area contributed by atoms with Crippen molar-refractivity contribution in [3.05, 3.63) is 53.6 Å². The van der Waals surface area contributed by atoms with Crippen LogP contribution in [0.25, 0.3) is 0 Å². The second-order valence-corrected chi connectivity index (χ2v) is 4.43. The minimum atomic E-state index is -1.02. The maximum Gasteiger partial charge on any atom is 0.339 e. The number of hydrogen-bond donors (Lipinski definition) is 2. The van der Waals surface area contributed by atoms with Gasteiger partial charge < -0.3 is 15.2 Å². The molecule has 0 atom stereocenters. The van der Waals surface area contributed by atoms with E-state index < -0.39 is 5.97 Å². The minimum absolute atomic E-state index is 0.127. The number of nitrogens with one attached hydrogen (secondary N) is 1. The molecule has 6 nitrogen and oxygen atoms in total. The molecule has 0 amide bonds. The Balaban J connectivity index is 1.89. The van der Waals surface area contributed by atoms with Crippen molar-refractivity contribution in [1.82, 2.24) is 15.3 Å². The summed E-state index contributed by atoms with van der Waals surface area (Å²) in [6, 6.07) is 7.82. The van der Waals surface area contributed by atoms with Gasteiger partial charge in [0.2, 0.25) is 0 Å². The zero-order chi connectivity index (χ0) is 15.1. The van der Waals surface area contributed by atoms with Crippen LogP contribution in [0.5, 0.6) is 5.75 Å². The lowest BCUT2D eigenvalue weighted by Crippen LogP contribution is -2.20. The number of para-hydroxylation sites is 1. The predicted molar refractivity (Wildman–Crippen MR) is 77.4 cm³/mol. The molecule has 1 heterocycles. The van der Waals surface area contributed by atoms with E-state index >= 15 is 0 Å². The Morgan fingerprint density at radius 1 is 1.38 bits per heavy atom. The van der Waals surface area contributed by atoms with Crippen LogP contribution >= 0.6 is 0 Å². The first-order valence-corrected chi connectivity index (χ1v) is 6.57. The maximum absolute atomic E-state index is 11.0. The molecule has 0 aliphatic heterocycles. The van der Waals surface area contributed by atoms with Gasteiger partial charge in [-0.05, 0) is 24.6 Å². The van der Waals surface area contributed by atoms with Gasteiger partial charge in [-0.1, -0.05) is 18.2 Å². The fourth-order valence-electron chi connectivity index (χ4n) is 2.01. The van der Waals surface area contributed by atoms with E-state index in [-0.39, 0.29) is 5.56 Å². The minimum Gasteiger partial charge on any atom is -0.496 e. The Labute approximate surface area is 122 Å². The lowest BCUT2D eigenvalue weighted by Gasteiger charge is -2.09. The summed E-state index contributed by atoms with van der Waals surface area (Å²) in [7, 11) is 1.65. The number of ether oxygens (including phenoxy) is 1. The first-order valence-electron chi connectivity index (χ1n) is 6.57. The smallest absolute Gasteiger partial charge is 0.339 e. The van der Waals surface area contributed by atoms with Crippen LogP contribution in [0.3, 0.4) is 0 Å². The molecule has 6 heteroatoms. The molecule has 110 valence electrons.